The molecular weight excluding hydrogens is 372 g/mol. The van der Waals surface area contributed by atoms with Crippen molar-refractivity contribution < 1.29 is 13.9 Å². The highest BCUT2D eigenvalue weighted by molar-refractivity contribution is 9.10. The molecule has 0 aliphatic heterocycles. The quantitative estimate of drug-likeness (QED) is 0.491. The summed E-state index contributed by atoms with van der Waals surface area (Å²) in [5.74, 6) is 0.411. The van der Waals surface area contributed by atoms with Crippen LogP contribution in [0.2, 0.25) is 0 Å². The molecule has 4 nitrogen and oxygen atoms in total. The SMILES string of the molecule is Cc1cc(=O)oc2c(C)c(OCC(=O)c3ccc(Br)cc3)ccc12. The average molecular weight is 387 g/mol. The first-order chi connectivity index (χ1) is 11.5. The summed E-state index contributed by atoms with van der Waals surface area (Å²) >= 11 is 3.34. The summed E-state index contributed by atoms with van der Waals surface area (Å²) in [4.78, 5) is 23.8. The standard InChI is InChI=1S/C19H15BrO4/c1-11-9-18(22)24-19-12(2)17(8-7-15(11)19)23-10-16(21)13-3-5-14(20)6-4-13/h3-9H,10H2,1-2H3. The first-order valence-electron chi connectivity index (χ1n) is 7.41. The Morgan fingerprint density at radius 1 is 1.12 bits per heavy atom. The second-order valence-electron chi connectivity index (χ2n) is 5.53. The molecule has 0 amide bonds. The molecule has 0 saturated heterocycles. The molecule has 24 heavy (non-hydrogen) atoms. The fraction of sp³-hybridized carbons (Fsp3) is 0.158. The molecule has 5 heteroatoms. The molecule has 0 spiro atoms. The Morgan fingerprint density at radius 2 is 1.83 bits per heavy atom. The summed E-state index contributed by atoms with van der Waals surface area (Å²) < 4.78 is 11.9. The van der Waals surface area contributed by atoms with Crippen molar-refractivity contribution in [2.45, 2.75) is 13.8 Å². The van der Waals surface area contributed by atoms with Crippen LogP contribution in [0.3, 0.4) is 0 Å². The van der Waals surface area contributed by atoms with Gasteiger partial charge >= 0.3 is 5.63 Å². The lowest BCUT2D eigenvalue weighted by Crippen LogP contribution is -2.12. The Labute approximate surface area is 147 Å². The summed E-state index contributed by atoms with van der Waals surface area (Å²) in [6.07, 6.45) is 0. The van der Waals surface area contributed by atoms with Crippen molar-refractivity contribution >= 4 is 32.7 Å². The molecule has 3 rings (SSSR count). The molecule has 0 bridgehead atoms. The molecule has 0 radical (unpaired) electrons. The van der Waals surface area contributed by atoms with E-state index in [-0.39, 0.29) is 12.4 Å². The summed E-state index contributed by atoms with van der Waals surface area (Å²) in [7, 11) is 0. The third-order valence-electron chi connectivity index (χ3n) is 3.84. The van der Waals surface area contributed by atoms with Gasteiger partial charge in [0.25, 0.3) is 0 Å². The van der Waals surface area contributed by atoms with E-state index in [1.54, 1.807) is 18.2 Å². The maximum atomic E-state index is 12.2. The first-order valence-corrected chi connectivity index (χ1v) is 8.20. The van der Waals surface area contributed by atoms with Gasteiger partial charge < -0.3 is 9.15 Å². The molecule has 0 fully saturated rings. The van der Waals surface area contributed by atoms with Crippen LogP contribution in [-0.2, 0) is 0 Å². The fourth-order valence-electron chi connectivity index (χ4n) is 2.52. The van der Waals surface area contributed by atoms with Crippen LogP contribution in [0.5, 0.6) is 5.75 Å². The van der Waals surface area contributed by atoms with Crippen molar-refractivity contribution in [2.24, 2.45) is 0 Å². The van der Waals surface area contributed by atoms with Crippen LogP contribution < -0.4 is 10.4 Å². The number of ketones is 1. The Kier molecular flexibility index (Phi) is 4.53. The number of halogens is 1. The Hall–Kier alpha value is -2.40. The minimum atomic E-state index is -0.397. The van der Waals surface area contributed by atoms with Gasteiger partial charge in [0, 0.05) is 27.1 Å². The third-order valence-corrected chi connectivity index (χ3v) is 4.37. The van der Waals surface area contributed by atoms with Crippen LogP contribution in [-0.4, -0.2) is 12.4 Å². The van der Waals surface area contributed by atoms with Gasteiger partial charge in [-0.2, -0.15) is 0 Å². The maximum Gasteiger partial charge on any atom is 0.336 e. The van der Waals surface area contributed by atoms with Gasteiger partial charge in [0.15, 0.2) is 12.4 Å². The second-order valence-corrected chi connectivity index (χ2v) is 6.45. The Balaban J connectivity index is 1.85. The van der Waals surface area contributed by atoms with Crippen LogP contribution in [0.1, 0.15) is 21.5 Å². The van der Waals surface area contributed by atoms with Gasteiger partial charge in [-0.05, 0) is 43.7 Å². The number of hydrogen-bond acceptors (Lipinski definition) is 4. The zero-order valence-corrected chi connectivity index (χ0v) is 14.8. The molecule has 0 aliphatic rings. The first kappa shape index (κ1) is 16.5. The van der Waals surface area contributed by atoms with Gasteiger partial charge in [0.2, 0.25) is 0 Å². The Bertz CT molecular complexity index is 971. The lowest BCUT2D eigenvalue weighted by molar-refractivity contribution is 0.0921. The number of fused-ring (bicyclic) bond motifs is 1. The summed E-state index contributed by atoms with van der Waals surface area (Å²) in [6, 6.07) is 12.2. The van der Waals surface area contributed by atoms with E-state index in [0.717, 1.165) is 15.4 Å². The van der Waals surface area contributed by atoms with Gasteiger partial charge in [-0.1, -0.05) is 28.1 Å². The molecule has 1 aromatic heterocycles. The largest absolute Gasteiger partial charge is 0.485 e. The molecule has 0 saturated carbocycles. The van der Waals surface area contributed by atoms with Crippen molar-refractivity contribution in [2.75, 3.05) is 6.61 Å². The molecule has 0 aliphatic carbocycles. The lowest BCUT2D eigenvalue weighted by Gasteiger charge is -2.11. The fourth-order valence-corrected chi connectivity index (χ4v) is 2.78. The normalized spacial score (nSPS) is 10.8. The second kappa shape index (κ2) is 6.61. The summed E-state index contributed by atoms with van der Waals surface area (Å²) in [6.45, 7) is 3.59. The zero-order chi connectivity index (χ0) is 17.3. The highest BCUT2D eigenvalue weighted by Gasteiger charge is 2.12. The van der Waals surface area contributed by atoms with Gasteiger partial charge in [-0.15, -0.1) is 0 Å². The van der Waals surface area contributed by atoms with Crippen LogP contribution in [0, 0.1) is 13.8 Å². The molecule has 0 unspecified atom stereocenters. The maximum absolute atomic E-state index is 12.2. The predicted molar refractivity (Wildman–Crippen MR) is 95.9 cm³/mol. The molecule has 2 aromatic carbocycles. The van der Waals surface area contributed by atoms with Crippen molar-refractivity contribution in [1.29, 1.82) is 0 Å². The number of carbonyl (C=O) groups excluding carboxylic acids is 1. The monoisotopic (exact) mass is 386 g/mol. The third kappa shape index (κ3) is 3.26. The topological polar surface area (TPSA) is 56.5 Å². The van der Waals surface area contributed by atoms with Crippen molar-refractivity contribution in [1.82, 2.24) is 0 Å². The van der Waals surface area contributed by atoms with E-state index in [4.69, 9.17) is 9.15 Å². The summed E-state index contributed by atoms with van der Waals surface area (Å²) in [5, 5.41) is 0.860. The predicted octanol–water partition coefficient (Wildman–Crippen LogP) is 4.43. The number of carbonyl (C=O) groups is 1. The van der Waals surface area contributed by atoms with Gasteiger partial charge in [-0.25, -0.2) is 4.79 Å². The lowest BCUT2D eigenvalue weighted by atomic mass is 10.1. The van der Waals surface area contributed by atoms with E-state index in [1.807, 2.05) is 32.0 Å². The van der Waals surface area contributed by atoms with Crippen molar-refractivity contribution in [3.8, 4) is 5.75 Å². The Morgan fingerprint density at radius 3 is 2.54 bits per heavy atom. The van der Waals surface area contributed by atoms with E-state index >= 15 is 0 Å². The highest BCUT2D eigenvalue weighted by Crippen LogP contribution is 2.28. The van der Waals surface area contributed by atoms with Crippen molar-refractivity contribution in [3.63, 3.8) is 0 Å². The minimum Gasteiger partial charge on any atom is -0.485 e. The molecule has 1 heterocycles. The molecular formula is C19H15BrO4. The number of Topliss-reactive ketones (excluding diaryl/α,β-unsaturated/α-hetero) is 1. The number of benzene rings is 2. The highest BCUT2D eigenvalue weighted by atomic mass is 79.9. The van der Waals surface area contributed by atoms with E-state index in [0.29, 0.717) is 22.5 Å². The molecule has 0 N–H and O–H groups in total. The van der Waals surface area contributed by atoms with Gasteiger partial charge in [0.05, 0.1) is 0 Å². The van der Waals surface area contributed by atoms with E-state index in [1.165, 1.54) is 6.07 Å². The van der Waals surface area contributed by atoms with Crippen molar-refractivity contribution in [3.05, 3.63) is 74.0 Å². The van der Waals surface area contributed by atoms with Gasteiger partial charge in [0.1, 0.15) is 11.3 Å². The van der Waals surface area contributed by atoms with E-state index in [2.05, 4.69) is 15.9 Å². The molecule has 3 aromatic rings. The zero-order valence-electron chi connectivity index (χ0n) is 13.3. The minimum absolute atomic E-state index is 0.0793. The van der Waals surface area contributed by atoms with E-state index in [9.17, 15) is 9.59 Å². The number of ether oxygens (including phenoxy) is 1. The van der Waals surface area contributed by atoms with Crippen LogP contribution in [0.25, 0.3) is 11.0 Å². The smallest absolute Gasteiger partial charge is 0.336 e. The van der Waals surface area contributed by atoms with Crippen LogP contribution in [0.4, 0.5) is 0 Å². The van der Waals surface area contributed by atoms with Gasteiger partial charge in [-0.3, -0.25) is 4.79 Å². The number of aryl methyl sites for hydroxylation is 2. The number of hydrogen-bond donors (Lipinski definition) is 0. The van der Waals surface area contributed by atoms with Crippen LogP contribution in [0.15, 0.2) is 56.1 Å². The summed E-state index contributed by atoms with van der Waals surface area (Å²) in [5.41, 5.74) is 2.23. The molecule has 122 valence electrons. The van der Waals surface area contributed by atoms with E-state index < -0.39 is 5.63 Å². The number of rotatable bonds is 4. The van der Waals surface area contributed by atoms with Crippen LogP contribution >= 0.6 is 15.9 Å². The molecule has 0 atom stereocenters. The average Bonchev–Trinajstić information content (AvgIpc) is 2.55.